The Kier molecular flexibility index (Phi) is 9.20. The molecule has 1 saturated heterocycles. The zero-order valence-electron chi connectivity index (χ0n) is 18.5. The van der Waals surface area contributed by atoms with Gasteiger partial charge in [0.1, 0.15) is 31.2 Å². The van der Waals surface area contributed by atoms with Crippen molar-refractivity contribution in [2.24, 2.45) is 5.92 Å². The predicted octanol–water partition coefficient (Wildman–Crippen LogP) is 3.68. The van der Waals surface area contributed by atoms with Crippen LogP contribution in [0.5, 0.6) is 5.75 Å². The minimum atomic E-state index is -4.36. The average molecular weight is 505 g/mol. The second-order valence-corrected chi connectivity index (χ2v) is 8.71. The summed E-state index contributed by atoms with van der Waals surface area (Å²) in [6.45, 7) is -0.0572. The van der Waals surface area contributed by atoms with E-state index in [0.717, 1.165) is 11.1 Å². The maximum absolute atomic E-state index is 12.1. The topological polar surface area (TPSA) is 88.4 Å². The molecule has 0 unspecified atom stereocenters. The molecule has 0 radical (unpaired) electrons. The van der Waals surface area contributed by atoms with Gasteiger partial charge < -0.3 is 29.5 Å². The molecule has 3 rings (SSSR count). The summed E-state index contributed by atoms with van der Waals surface area (Å²) in [6.07, 6.45) is -7.50. The molecule has 1 heterocycles. The van der Waals surface area contributed by atoms with Gasteiger partial charge in [0.25, 0.3) is 0 Å². The van der Waals surface area contributed by atoms with Gasteiger partial charge in [0.05, 0.1) is 25.4 Å². The highest BCUT2D eigenvalue weighted by atomic mass is 35.5. The zero-order chi connectivity index (χ0) is 24.9. The Bertz CT molecular complexity index is 922. The molecule has 188 valence electrons. The van der Waals surface area contributed by atoms with Crippen molar-refractivity contribution in [3.8, 4) is 5.75 Å². The molecule has 0 aliphatic carbocycles. The molecule has 3 N–H and O–H groups in total. The number of rotatable bonds is 9. The van der Waals surface area contributed by atoms with Gasteiger partial charge >= 0.3 is 6.18 Å². The van der Waals surface area contributed by atoms with E-state index in [4.69, 9.17) is 21.1 Å². The molecule has 34 heavy (non-hydrogen) atoms. The van der Waals surface area contributed by atoms with Crippen LogP contribution in [0.25, 0.3) is 0 Å². The largest absolute Gasteiger partial charge is 0.491 e. The first-order valence-electron chi connectivity index (χ1n) is 10.9. The number of benzene rings is 2. The van der Waals surface area contributed by atoms with Gasteiger partial charge in [-0.2, -0.15) is 13.2 Å². The number of ether oxygens (including phenoxy) is 3. The second-order valence-electron chi connectivity index (χ2n) is 8.31. The molecule has 0 spiro atoms. The van der Waals surface area contributed by atoms with E-state index in [9.17, 15) is 28.5 Å². The summed E-state index contributed by atoms with van der Waals surface area (Å²) in [7, 11) is 0. The Morgan fingerprint density at radius 2 is 1.74 bits per heavy atom. The van der Waals surface area contributed by atoms with E-state index in [1.807, 2.05) is 12.1 Å². The van der Waals surface area contributed by atoms with E-state index in [2.05, 4.69) is 4.74 Å². The number of aliphatic hydroxyl groups is 3. The Labute approximate surface area is 200 Å². The first-order chi connectivity index (χ1) is 16.1. The number of hydrogen-bond donors (Lipinski definition) is 3. The molecule has 0 amide bonds. The van der Waals surface area contributed by atoms with Crippen molar-refractivity contribution in [2.45, 2.75) is 43.9 Å². The molecule has 6 nitrogen and oxygen atoms in total. The van der Waals surface area contributed by atoms with Crippen LogP contribution in [-0.4, -0.2) is 66.2 Å². The van der Waals surface area contributed by atoms with Crippen molar-refractivity contribution < 1.29 is 42.7 Å². The normalized spacial score (nSPS) is 25.4. The molecule has 2 aromatic rings. The predicted molar refractivity (Wildman–Crippen MR) is 119 cm³/mol. The van der Waals surface area contributed by atoms with Crippen LogP contribution in [0.2, 0.25) is 5.02 Å². The van der Waals surface area contributed by atoms with Gasteiger partial charge in [0.2, 0.25) is 0 Å². The van der Waals surface area contributed by atoms with Crippen LogP contribution in [0.15, 0.2) is 42.5 Å². The third-order valence-corrected chi connectivity index (χ3v) is 6.13. The molecule has 1 aliphatic heterocycles. The summed E-state index contributed by atoms with van der Waals surface area (Å²) in [5, 5.41) is 31.0. The molecule has 2 aromatic carbocycles. The third kappa shape index (κ3) is 7.07. The number of halogens is 4. The Hall–Kier alpha value is -1.88. The summed E-state index contributed by atoms with van der Waals surface area (Å²) >= 11 is 6.38. The average Bonchev–Trinajstić information content (AvgIpc) is 2.79. The summed E-state index contributed by atoms with van der Waals surface area (Å²) in [5.74, 6) is 0.0797. The fraction of sp³-hybridized carbons (Fsp3) is 0.500. The van der Waals surface area contributed by atoms with Gasteiger partial charge in [0, 0.05) is 10.9 Å². The first kappa shape index (κ1) is 26.7. The maximum Gasteiger partial charge on any atom is 0.411 e. The Morgan fingerprint density at radius 1 is 1.03 bits per heavy atom. The summed E-state index contributed by atoms with van der Waals surface area (Å²) in [4.78, 5) is 0. The molecule has 5 atom stereocenters. The van der Waals surface area contributed by atoms with Gasteiger partial charge in [-0.1, -0.05) is 42.8 Å². The van der Waals surface area contributed by atoms with E-state index in [1.54, 1.807) is 37.3 Å². The van der Waals surface area contributed by atoms with E-state index >= 15 is 0 Å². The van der Waals surface area contributed by atoms with Crippen LogP contribution in [0.1, 0.15) is 29.7 Å². The molecule has 10 heteroatoms. The minimum absolute atomic E-state index is 0.00762. The first-order valence-corrected chi connectivity index (χ1v) is 11.2. The van der Waals surface area contributed by atoms with Crippen molar-refractivity contribution in [3.05, 3.63) is 64.2 Å². The number of hydrogen-bond acceptors (Lipinski definition) is 6. The lowest BCUT2D eigenvalue weighted by molar-refractivity contribution is -0.207. The zero-order valence-corrected chi connectivity index (χ0v) is 19.3. The van der Waals surface area contributed by atoms with Crippen LogP contribution >= 0.6 is 11.6 Å². The number of aliphatic hydroxyl groups excluding tert-OH is 3. The third-order valence-electron chi connectivity index (χ3n) is 5.76. The van der Waals surface area contributed by atoms with Gasteiger partial charge in [-0.15, -0.1) is 0 Å². The lowest BCUT2D eigenvalue weighted by Crippen LogP contribution is -2.50. The Morgan fingerprint density at radius 3 is 2.38 bits per heavy atom. The lowest BCUT2D eigenvalue weighted by Gasteiger charge is -2.41. The monoisotopic (exact) mass is 504 g/mol. The molecule has 0 saturated carbocycles. The van der Waals surface area contributed by atoms with E-state index < -0.39 is 43.1 Å². The molecular weight excluding hydrogens is 477 g/mol. The summed E-state index contributed by atoms with van der Waals surface area (Å²) in [6, 6.07) is 12.2. The SMILES string of the molecule is C[C@H]1[C@H](O)[C@@H](O)[C@H](c2ccc(Cl)c(Cc3ccc(OCCOCC(F)(F)F)cc3)c2)O[C@@H]1CO. The summed E-state index contributed by atoms with van der Waals surface area (Å²) in [5.41, 5.74) is 2.32. The van der Waals surface area contributed by atoms with Crippen LogP contribution in [0, 0.1) is 5.92 Å². The van der Waals surface area contributed by atoms with Crippen molar-refractivity contribution >= 4 is 11.6 Å². The van der Waals surface area contributed by atoms with Gasteiger partial charge in [0.15, 0.2) is 0 Å². The quantitative estimate of drug-likeness (QED) is 0.452. The highest BCUT2D eigenvalue weighted by Gasteiger charge is 2.42. The van der Waals surface area contributed by atoms with Gasteiger partial charge in [-0.05, 0) is 41.3 Å². The molecule has 1 aliphatic rings. The highest BCUT2D eigenvalue weighted by molar-refractivity contribution is 6.31. The van der Waals surface area contributed by atoms with Gasteiger partial charge in [-0.25, -0.2) is 0 Å². The molecule has 1 fully saturated rings. The van der Waals surface area contributed by atoms with Crippen LogP contribution < -0.4 is 4.74 Å². The van der Waals surface area contributed by atoms with Crippen molar-refractivity contribution in [1.82, 2.24) is 0 Å². The lowest BCUT2D eigenvalue weighted by atomic mass is 9.85. The van der Waals surface area contributed by atoms with Crippen LogP contribution in [0.4, 0.5) is 13.2 Å². The standard InChI is InChI=1S/C24H28ClF3O6/c1-14-20(12-29)34-23(22(31)21(14)30)16-4-7-19(25)17(11-16)10-15-2-5-18(6-3-15)33-9-8-32-13-24(26,27)28/h2-7,11,14,20-23,29-31H,8-10,12-13H2,1H3/t14-,20-,21+,22-,23+/m1/s1. The molecule has 0 bridgehead atoms. The van der Waals surface area contributed by atoms with Crippen LogP contribution in [-0.2, 0) is 15.9 Å². The van der Waals surface area contributed by atoms with Crippen molar-refractivity contribution in [1.29, 1.82) is 0 Å². The smallest absolute Gasteiger partial charge is 0.411 e. The Balaban J connectivity index is 1.62. The molecule has 0 aromatic heterocycles. The molecular formula is C24H28ClF3O6. The van der Waals surface area contributed by atoms with E-state index in [0.29, 0.717) is 22.8 Å². The van der Waals surface area contributed by atoms with Crippen molar-refractivity contribution in [3.63, 3.8) is 0 Å². The highest BCUT2D eigenvalue weighted by Crippen LogP contribution is 2.36. The number of alkyl halides is 3. The fourth-order valence-corrected chi connectivity index (χ4v) is 4.01. The fourth-order valence-electron chi connectivity index (χ4n) is 3.82. The minimum Gasteiger partial charge on any atom is -0.491 e. The van der Waals surface area contributed by atoms with Crippen LogP contribution in [0.3, 0.4) is 0 Å². The summed E-state index contributed by atoms with van der Waals surface area (Å²) < 4.78 is 51.9. The van der Waals surface area contributed by atoms with E-state index in [-0.39, 0.29) is 19.8 Å². The van der Waals surface area contributed by atoms with E-state index in [1.165, 1.54) is 0 Å². The maximum atomic E-state index is 12.1. The van der Waals surface area contributed by atoms with Crippen molar-refractivity contribution in [2.75, 3.05) is 26.4 Å². The van der Waals surface area contributed by atoms with Gasteiger partial charge in [-0.3, -0.25) is 0 Å². The second kappa shape index (κ2) is 11.7.